The molecule has 0 radical (unpaired) electrons. The summed E-state index contributed by atoms with van der Waals surface area (Å²) in [4.78, 5) is 11.8. The van der Waals surface area contributed by atoms with Crippen LogP contribution in [0.1, 0.15) is 36.5 Å². The molecule has 0 heterocycles. The van der Waals surface area contributed by atoms with Crippen LogP contribution < -0.4 is 16.4 Å². The lowest BCUT2D eigenvalue weighted by molar-refractivity contribution is 0.0956. The number of hydrogen-bond donors (Lipinski definition) is 3. The van der Waals surface area contributed by atoms with Crippen molar-refractivity contribution >= 4 is 29.0 Å². The molecule has 1 rings (SSSR count). The molecule has 0 aromatic heterocycles. The normalized spacial score (nSPS) is 10.3. The third-order valence-electron chi connectivity index (χ3n) is 2.99. The zero-order chi connectivity index (χ0) is 14.8. The highest BCUT2D eigenvalue weighted by Gasteiger charge is 2.07. The lowest BCUT2D eigenvalue weighted by Crippen LogP contribution is -2.22. The number of nitrogens with one attached hydrogen (secondary N) is 2. The number of rotatable bonds is 9. The van der Waals surface area contributed by atoms with Gasteiger partial charge in [0.15, 0.2) is 0 Å². The quantitative estimate of drug-likeness (QED) is 0.484. The molecular weight excluding hydrogens is 270 g/mol. The van der Waals surface area contributed by atoms with Crippen molar-refractivity contribution in [2.24, 2.45) is 0 Å². The number of benzene rings is 1. The van der Waals surface area contributed by atoms with E-state index in [1.807, 2.05) is 24.8 Å². The van der Waals surface area contributed by atoms with Gasteiger partial charge in [0.05, 0.1) is 11.4 Å². The molecule has 0 aliphatic heterocycles. The molecule has 0 atom stereocenters. The second kappa shape index (κ2) is 9.53. The van der Waals surface area contributed by atoms with Crippen molar-refractivity contribution in [2.45, 2.75) is 26.2 Å². The average molecular weight is 295 g/mol. The van der Waals surface area contributed by atoms with Crippen LogP contribution in [0.15, 0.2) is 18.2 Å². The molecule has 0 aliphatic rings. The Balaban J connectivity index is 2.48. The molecule has 0 spiro atoms. The first kappa shape index (κ1) is 16.7. The topological polar surface area (TPSA) is 67.2 Å². The van der Waals surface area contributed by atoms with Crippen molar-refractivity contribution in [1.29, 1.82) is 0 Å². The predicted octanol–water partition coefficient (Wildman–Crippen LogP) is 2.96. The molecule has 1 amide bonds. The van der Waals surface area contributed by atoms with E-state index in [4.69, 9.17) is 5.73 Å². The maximum atomic E-state index is 11.8. The van der Waals surface area contributed by atoms with Crippen molar-refractivity contribution in [3.8, 4) is 0 Å². The number of nitrogens with two attached hydrogens (primary N) is 1. The van der Waals surface area contributed by atoms with E-state index >= 15 is 0 Å². The molecule has 0 unspecified atom stereocenters. The van der Waals surface area contributed by atoms with Crippen molar-refractivity contribution in [3.05, 3.63) is 23.8 Å². The van der Waals surface area contributed by atoms with Crippen molar-refractivity contribution in [2.75, 3.05) is 36.1 Å². The van der Waals surface area contributed by atoms with Crippen molar-refractivity contribution < 1.29 is 4.79 Å². The Bertz CT molecular complexity index is 424. The molecule has 1 aromatic rings. The molecule has 0 aliphatic carbocycles. The van der Waals surface area contributed by atoms with Crippen LogP contribution >= 0.6 is 11.8 Å². The Kier molecular flexibility index (Phi) is 7.95. The van der Waals surface area contributed by atoms with E-state index < -0.39 is 0 Å². The fraction of sp³-hybridized carbons (Fsp3) is 0.533. The SMILES string of the molecule is CCNC(=O)c1ccc(N)c(NCCCCCSC)c1. The molecule has 0 bridgehead atoms. The predicted molar refractivity (Wildman–Crippen MR) is 89.6 cm³/mol. The smallest absolute Gasteiger partial charge is 0.251 e. The number of thioether (sulfide) groups is 1. The lowest BCUT2D eigenvalue weighted by atomic mass is 10.1. The van der Waals surface area contributed by atoms with E-state index in [9.17, 15) is 4.79 Å². The van der Waals surface area contributed by atoms with Crippen LogP contribution in [-0.4, -0.2) is 31.0 Å². The number of nitrogen functional groups attached to an aromatic ring is 1. The molecule has 1 aromatic carbocycles. The first-order chi connectivity index (χ1) is 9.69. The molecule has 5 heteroatoms. The number of carbonyl (C=O) groups excluding carboxylic acids is 1. The fourth-order valence-corrected chi connectivity index (χ4v) is 2.38. The zero-order valence-electron chi connectivity index (χ0n) is 12.4. The van der Waals surface area contributed by atoms with Gasteiger partial charge in [-0.25, -0.2) is 0 Å². The summed E-state index contributed by atoms with van der Waals surface area (Å²) in [5.74, 6) is 1.16. The molecular formula is C15H25N3OS. The molecule has 4 N–H and O–H groups in total. The van der Waals surface area contributed by atoms with Gasteiger partial charge < -0.3 is 16.4 Å². The lowest BCUT2D eigenvalue weighted by Gasteiger charge is -2.11. The van der Waals surface area contributed by atoms with Gasteiger partial charge in [-0.15, -0.1) is 0 Å². The van der Waals surface area contributed by atoms with Gasteiger partial charge in [-0.3, -0.25) is 4.79 Å². The van der Waals surface area contributed by atoms with Gasteiger partial charge in [-0.05, 0) is 50.0 Å². The van der Waals surface area contributed by atoms with Crippen LogP contribution in [0.2, 0.25) is 0 Å². The highest BCUT2D eigenvalue weighted by atomic mass is 32.2. The van der Waals surface area contributed by atoms with Gasteiger partial charge >= 0.3 is 0 Å². The minimum absolute atomic E-state index is 0.0597. The maximum absolute atomic E-state index is 11.8. The summed E-state index contributed by atoms with van der Waals surface area (Å²) in [5.41, 5.74) is 8.10. The third-order valence-corrected chi connectivity index (χ3v) is 3.69. The Morgan fingerprint density at radius 1 is 1.30 bits per heavy atom. The highest BCUT2D eigenvalue weighted by Crippen LogP contribution is 2.20. The standard InChI is InChI=1S/C15H25N3OS/c1-3-17-15(19)12-7-8-13(16)14(11-12)18-9-5-4-6-10-20-2/h7-8,11,18H,3-6,9-10,16H2,1-2H3,(H,17,19). The van der Waals surface area contributed by atoms with Crippen molar-refractivity contribution in [3.63, 3.8) is 0 Å². The summed E-state index contributed by atoms with van der Waals surface area (Å²) < 4.78 is 0. The Morgan fingerprint density at radius 3 is 2.80 bits per heavy atom. The Labute approximate surface area is 125 Å². The van der Waals surface area contributed by atoms with E-state index in [0.29, 0.717) is 17.8 Å². The number of carbonyl (C=O) groups is 1. The van der Waals surface area contributed by atoms with Gasteiger partial charge in [-0.1, -0.05) is 6.42 Å². The number of anilines is 2. The largest absolute Gasteiger partial charge is 0.397 e. The first-order valence-corrected chi connectivity index (χ1v) is 8.49. The second-order valence-electron chi connectivity index (χ2n) is 4.64. The molecule has 20 heavy (non-hydrogen) atoms. The van der Waals surface area contributed by atoms with Gasteiger partial charge in [0.2, 0.25) is 0 Å². The van der Waals surface area contributed by atoms with Crippen LogP contribution in [0, 0.1) is 0 Å². The van der Waals surface area contributed by atoms with Gasteiger partial charge in [0.1, 0.15) is 0 Å². The zero-order valence-corrected chi connectivity index (χ0v) is 13.2. The molecule has 0 fully saturated rings. The number of hydrogen-bond acceptors (Lipinski definition) is 4. The first-order valence-electron chi connectivity index (χ1n) is 7.09. The molecule has 0 saturated carbocycles. The minimum atomic E-state index is -0.0597. The fourth-order valence-electron chi connectivity index (χ4n) is 1.88. The summed E-state index contributed by atoms with van der Waals surface area (Å²) >= 11 is 1.88. The summed E-state index contributed by atoms with van der Waals surface area (Å²) in [7, 11) is 0. The summed E-state index contributed by atoms with van der Waals surface area (Å²) in [5, 5.41) is 6.10. The van der Waals surface area contributed by atoms with E-state index in [1.54, 1.807) is 12.1 Å². The van der Waals surface area contributed by atoms with Gasteiger partial charge in [0, 0.05) is 18.7 Å². The van der Waals surface area contributed by atoms with E-state index in [0.717, 1.165) is 18.7 Å². The van der Waals surface area contributed by atoms with Crippen LogP contribution in [0.3, 0.4) is 0 Å². The van der Waals surface area contributed by atoms with E-state index in [2.05, 4.69) is 16.9 Å². The summed E-state index contributed by atoms with van der Waals surface area (Å²) in [6.45, 7) is 3.42. The Morgan fingerprint density at radius 2 is 2.10 bits per heavy atom. The van der Waals surface area contributed by atoms with Gasteiger partial charge in [0.25, 0.3) is 5.91 Å². The molecule has 0 saturated heterocycles. The van der Waals surface area contributed by atoms with Crippen LogP contribution in [0.25, 0.3) is 0 Å². The molecule has 112 valence electrons. The van der Waals surface area contributed by atoms with Crippen LogP contribution in [-0.2, 0) is 0 Å². The van der Waals surface area contributed by atoms with Crippen LogP contribution in [0.4, 0.5) is 11.4 Å². The van der Waals surface area contributed by atoms with Gasteiger partial charge in [-0.2, -0.15) is 11.8 Å². The number of unbranched alkanes of at least 4 members (excludes halogenated alkanes) is 2. The highest BCUT2D eigenvalue weighted by molar-refractivity contribution is 7.98. The summed E-state index contributed by atoms with van der Waals surface area (Å²) in [6.07, 6.45) is 5.71. The molecule has 4 nitrogen and oxygen atoms in total. The minimum Gasteiger partial charge on any atom is -0.397 e. The Hall–Kier alpha value is -1.36. The second-order valence-corrected chi connectivity index (χ2v) is 5.63. The third kappa shape index (κ3) is 5.74. The van der Waals surface area contributed by atoms with Crippen molar-refractivity contribution in [1.82, 2.24) is 5.32 Å². The van der Waals surface area contributed by atoms with E-state index in [-0.39, 0.29) is 5.91 Å². The van der Waals surface area contributed by atoms with Crippen LogP contribution in [0.5, 0.6) is 0 Å². The maximum Gasteiger partial charge on any atom is 0.251 e. The number of amides is 1. The monoisotopic (exact) mass is 295 g/mol. The average Bonchev–Trinajstić information content (AvgIpc) is 2.44. The summed E-state index contributed by atoms with van der Waals surface area (Å²) in [6, 6.07) is 5.35. The van der Waals surface area contributed by atoms with E-state index in [1.165, 1.54) is 18.6 Å².